The van der Waals surface area contributed by atoms with Crippen LogP contribution in [0.5, 0.6) is 0 Å². The first-order valence-corrected chi connectivity index (χ1v) is 6.69. The van der Waals surface area contributed by atoms with Crippen LogP contribution < -0.4 is 5.32 Å². The van der Waals surface area contributed by atoms with Gasteiger partial charge in [-0.25, -0.2) is 9.59 Å². The molecule has 1 aliphatic carbocycles. The third kappa shape index (κ3) is 3.57. The van der Waals surface area contributed by atoms with Gasteiger partial charge in [-0.05, 0) is 19.8 Å². The van der Waals surface area contributed by atoms with E-state index >= 15 is 0 Å². The Bertz CT molecular complexity index is 349. The second kappa shape index (κ2) is 5.75. The number of nitrogens with zero attached hydrogens (tertiary/aromatic N) is 2. The van der Waals surface area contributed by atoms with Crippen molar-refractivity contribution < 1.29 is 19.8 Å². The van der Waals surface area contributed by atoms with Crippen molar-refractivity contribution in [1.29, 1.82) is 0 Å². The maximum atomic E-state index is 11.9. The van der Waals surface area contributed by atoms with Gasteiger partial charge in [-0.2, -0.15) is 0 Å². The molecule has 2 unspecified atom stereocenters. The average molecular weight is 271 g/mol. The molecule has 19 heavy (non-hydrogen) atoms. The molecule has 7 heteroatoms. The fraction of sp³-hybridized carbons (Fsp3) is 0.833. The minimum Gasteiger partial charge on any atom is -0.480 e. The number of amides is 2. The summed E-state index contributed by atoms with van der Waals surface area (Å²) in [6.07, 6.45) is 1.37. The lowest BCUT2D eigenvalue weighted by Crippen LogP contribution is -2.56. The lowest BCUT2D eigenvalue weighted by molar-refractivity contribution is -0.141. The molecule has 1 aliphatic heterocycles. The van der Waals surface area contributed by atoms with E-state index in [9.17, 15) is 14.7 Å². The molecule has 2 aliphatic rings. The van der Waals surface area contributed by atoms with Crippen molar-refractivity contribution in [3.05, 3.63) is 0 Å². The number of rotatable bonds is 4. The van der Waals surface area contributed by atoms with Crippen molar-refractivity contribution in [2.24, 2.45) is 0 Å². The molecule has 0 aromatic carbocycles. The van der Waals surface area contributed by atoms with Crippen molar-refractivity contribution in [1.82, 2.24) is 15.1 Å². The lowest BCUT2D eigenvalue weighted by atomic mass is 10.2. The monoisotopic (exact) mass is 271 g/mol. The number of aliphatic hydroxyl groups is 1. The zero-order valence-corrected chi connectivity index (χ0v) is 11.1. The number of urea groups is 1. The molecule has 2 rings (SSSR count). The zero-order valence-electron chi connectivity index (χ0n) is 11.1. The summed E-state index contributed by atoms with van der Waals surface area (Å²) in [5.41, 5.74) is 0. The van der Waals surface area contributed by atoms with Crippen LogP contribution in [0.2, 0.25) is 0 Å². The molecule has 0 aromatic heterocycles. The first-order chi connectivity index (χ1) is 8.99. The Balaban J connectivity index is 1.81. The van der Waals surface area contributed by atoms with Crippen LogP contribution in [0.3, 0.4) is 0 Å². The second-order valence-electron chi connectivity index (χ2n) is 5.26. The van der Waals surface area contributed by atoms with Crippen LogP contribution in [0.4, 0.5) is 4.79 Å². The van der Waals surface area contributed by atoms with E-state index < -0.39 is 24.1 Å². The number of aliphatic carboxylic acids is 1. The fourth-order valence-corrected chi connectivity index (χ4v) is 2.34. The van der Waals surface area contributed by atoms with Gasteiger partial charge in [0.2, 0.25) is 0 Å². The Morgan fingerprint density at radius 1 is 1.21 bits per heavy atom. The Hall–Kier alpha value is -1.34. The summed E-state index contributed by atoms with van der Waals surface area (Å²) in [5, 5.41) is 20.6. The van der Waals surface area contributed by atoms with Crippen molar-refractivity contribution in [2.45, 2.75) is 38.0 Å². The fourth-order valence-electron chi connectivity index (χ4n) is 2.34. The standard InChI is InChI=1S/C12H21N3O4/c1-8(16)10(11(17)18)13-12(19)15-6-4-14(5-7-15)9-2-3-9/h8-10,16H,2-7H2,1H3,(H,13,19)(H,17,18). The molecular weight excluding hydrogens is 250 g/mol. The van der Waals surface area contributed by atoms with Crippen LogP contribution in [-0.2, 0) is 4.79 Å². The highest BCUT2D eigenvalue weighted by molar-refractivity contribution is 5.83. The number of nitrogens with one attached hydrogen (secondary N) is 1. The summed E-state index contributed by atoms with van der Waals surface area (Å²) in [7, 11) is 0. The van der Waals surface area contributed by atoms with E-state index in [1.54, 1.807) is 4.90 Å². The van der Waals surface area contributed by atoms with Crippen LogP contribution in [0, 0.1) is 0 Å². The number of carboxylic acid groups (broad SMARTS) is 1. The smallest absolute Gasteiger partial charge is 0.328 e. The molecule has 3 N–H and O–H groups in total. The van der Waals surface area contributed by atoms with E-state index in [0.29, 0.717) is 19.1 Å². The van der Waals surface area contributed by atoms with Crippen LogP contribution >= 0.6 is 0 Å². The maximum Gasteiger partial charge on any atom is 0.328 e. The van der Waals surface area contributed by atoms with E-state index in [1.807, 2.05) is 0 Å². The highest BCUT2D eigenvalue weighted by Gasteiger charge is 2.33. The van der Waals surface area contributed by atoms with Gasteiger partial charge in [0, 0.05) is 32.2 Å². The Morgan fingerprint density at radius 2 is 1.79 bits per heavy atom. The van der Waals surface area contributed by atoms with Gasteiger partial charge in [0.1, 0.15) is 0 Å². The maximum absolute atomic E-state index is 11.9. The first-order valence-electron chi connectivity index (χ1n) is 6.69. The summed E-state index contributed by atoms with van der Waals surface area (Å²) >= 11 is 0. The molecule has 0 radical (unpaired) electrons. The Morgan fingerprint density at radius 3 is 2.21 bits per heavy atom. The van der Waals surface area contributed by atoms with E-state index in [1.165, 1.54) is 19.8 Å². The van der Waals surface area contributed by atoms with E-state index in [4.69, 9.17) is 5.11 Å². The van der Waals surface area contributed by atoms with Crippen molar-refractivity contribution in [3.8, 4) is 0 Å². The van der Waals surface area contributed by atoms with Gasteiger partial charge < -0.3 is 20.4 Å². The quantitative estimate of drug-likeness (QED) is 0.629. The highest BCUT2D eigenvalue weighted by Crippen LogP contribution is 2.27. The number of carbonyl (C=O) groups excluding carboxylic acids is 1. The van der Waals surface area contributed by atoms with E-state index in [-0.39, 0.29) is 0 Å². The second-order valence-corrected chi connectivity index (χ2v) is 5.26. The van der Waals surface area contributed by atoms with Crippen molar-refractivity contribution in [3.63, 3.8) is 0 Å². The third-order valence-corrected chi connectivity index (χ3v) is 3.69. The third-order valence-electron chi connectivity index (χ3n) is 3.69. The first kappa shape index (κ1) is 14.1. The summed E-state index contributed by atoms with van der Waals surface area (Å²) in [5.74, 6) is -1.22. The highest BCUT2D eigenvalue weighted by atomic mass is 16.4. The average Bonchev–Trinajstić information content (AvgIpc) is 3.19. The minimum atomic E-state index is -1.26. The van der Waals surface area contributed by atoms with Gasteiger partial charge in [-0.3, -0.25) is 4.90 Å². The molecule has 108 valence electrons. The predicted octanol–water partition coefficient (Wildman–Crippen LogP) is -0.690. The number of carbonyl (C=O) groups is 2. The number of aliphatic hydroxyl groups excluding tert-OH is 1. The molecule has 1 saturated carbocycles. The van der Waals surface area contributed by atoms with Gasteiger partial charge in [0.05, 0.1) is 6.10 Å². The molecule has 1 heterocycles. The summed E-state index contributed by atoms with van der Waals surface area (Å²) in [6, 6.07) is -0.979. The van der Waals surface area contributed by atoms with Crippen LogP contribution in [0.1, 0.15) is 19.8 Å². The van der Waals surface area contributed by atoms with Gasteiger partial charge in [-0.15, -0.1) is 0 Å². The topological polar surface area (TPSA) is 93.1 Å². The molecule has 0 spiro atoms. The SMILES string of the molecule is CC(O)C(NC(=O)N1CCN(C2CC2)CC1)C(=O)O. The van der Waals surface area contributed by atoms with Gasteiger partial charge in [0.15, 0.2) is 6.04 Å². The van der Waals surface area contributed by atoms with E-state index in [0.717, 1.165) is 13.1 Å². The Labute approximate surface area is 112 Å². The van der Waals surface area contributed by atoms with Crippen LogP contribution in [-0.4, -0.2) is 76.4 Å². The lowest BCUT2D eigenvalue weighted by Gasteiger charge is -2.35. The molecule has 2 atom stereocenters. The summed E-state index contributed by atoms with van der Waals surface area (Å²) in [6.45, 7) is 4.24. The largest absolute Gasteiger partial charge is 0.480 e. The zero-order chi connectivity index (χ0) is 14.0. The molecule has 7 nitrogen and oxygen atoms in total. The van der Waals surface area contributed by atoms with Crippen molar-refractivity contribution in [2.75, 3.05) is 26.2 Å². The summed E-state index contributed by atoms with van der Waals surface area (Å²) in [4.78, 5) is 26.8. The normalized spacial score (nSPS) is 23.8. The molecule has 2 amide bonds. The number of hydrogen-bond donors (Lipinski definition) is 3. The van der Waals surface area contributed by atoms with Crippen LogP contribution in [0.25, 0.3) is 0 Å². The van der Waals surface area contributed by atoms with Gasteiger partial charge >= 0.3 is 12.0 Å². The van der Waals surface area contributed by atoms with Gasteiger partial charge in [0.25, 0.3) is 0 Å². The molecule has 0 aromatic rings. The molecule has 1 saturated heterocycles. The van der Waals surface area contributed by atoms with Crippen molar-refractivity contribution >= 4 is 12.0 Å². The molecule has 0 bridgehead atoms. The van der Waals surface area contributed by atoms with Gasteiger partial charge in [-0.1, -0.05) is 0 Å². The number of carboxylic acids is 1. The predicted molar refractivity (Wildman–Crippen MR) is 67.8 cm³/mol. The Kier molecular flexibility index (Phi) is 4.26. The molecular formula is C12H21N3O4. The van der Waals surface area contributed by atoms with E-state index in [2.05, 4.69) is 10.2 Å². The van der Waals surface area contributed by atoms with Crippen LogP contribution in [0.15, 0.2) is 0 Å². The number of hydrogen-bond acceptors (Lipinski definition) is 4. The number of piperazine rings is 1. The molecule has 2 fully saturated rings. The minimum absolute atomic E-state index is 0.413. The summed E-state index contributed by atoms with van der Waals surface area (Å²) < 4.78 is 0.